The van der Waals surface area contributed by atoms with Crippen molar-refractivity contribution < 1.29 is 9.53 Å². The fourth-order valence-electron chi connectivity index (χ4n) is 2.92. The van der Waals surface area contributed by atoms with E-state index in [1.807, 2.05) is 0 Å². The number of likely N-dealkylation sites (tertiary alicyclic amines) is 1. The molecule has 0 aromatic heterocycles. The minimum absolute atomic E-state index is 0.0611. The summed E-state index contributed by atoms with van der Waals surface area (Å²) in [7, 11) is 2.16. The number of allylic oxidation sites excluding steroid dienone is 1. The second-order valence-electron chi connectivity index (χ2n) is 6.10. The topological polar surface area (TPSA) is 29.5 Å². The molecule has 1 aliphatic carbocycles. The van der Waals surface area contributed by atoms with Gasteiger partial charge in [-0.2, -0.15) is 0 Å². The number of carbonyl (C=O) groups excluding carboxylic acids is 1. The van der Waals surface area contributed by atoms with Crippen LogP contribution < -0.4 is 0 Å². The molecule has 3 heteroatoms. The number of carbonyl (C=O) groups is 1. The van der Waals surface area contributed by atoms with Gasteiger partial charge in [-0.15, -0.1) is 0 Å². The van der Waals surface area contributed by atoms with Crippen molar-refractivity contribution in [1.29, 1.82) is 0 Å². The summed E-state index contributed by atoms with van der Waals surface area (Å²) in [5.74, 6) is 2.17. The van der Waals surface area contributed by atoms with Crippen molar-refractivity contribution in [3.8, 4) is 0 Å². The first kappa shape index (κ1) is 13.6. The number of rotatable bonds is 4. The fourth-order valence-corrected chi connectivity index (χ4v) is 2.92. The van der Waals surface area contributed by atoms with Crippen LogP contribution in [0, 0.1) is 11.8 Å². The first-order valence-corrected chi connectivity index (χ1v) is 7.18. The lowest BCUT2D eigenvalue weighted by Crippen LogP contribution is -2.30. The molecule has 0 amide bonds. The molecule has 0 spiro atoms. The molecule has 2 atom stereocenters. The van der Waals surface area contributed by atoms with Crippen molar-refractivity contribution in [2.24, 2.45) is 11.8 Å². The van der Waals surface area contributed by atoms with Gasteiger partial charge in [0.15, 0.2) is 0 Å². The summed E-state index contributed by atoms with van der Waals surface area (Å²) in [6.07, 6.45) is 7.01. The van der Waals surface area contributed by atoms with Crippen LogP contribution in [0.3, 0.4) is 0 Å². The second-order valence-corrected chi connectivity index (χ2v) is 6.10. The molecular weight excluding hydrogens is 226 g/mol. The molecule has 1 fully saturated rings. The minimum atomic E-state index is -0.0611. The third-order valence-electron chi connectivity index (χ3n) is 4.13. The maximum atomic E-state index is 11.7. The van der Waals surface area contributed by atoms with E-state index < -0.39 is 0 Å². The molecule has 0 radical (unpaired) electrons. The fraction of sp³-hybridized carbons (Fsp3) is 0.800. The Bertz CT molecular complexity index is 335. The Morgan fingerprint density at radius 1 is 1.50 bits per heavy atom. The molecule has 2 aliphatic rings. The standard InChI is InChI=1S/C15H25NO2/c1-11(2)4-7-15(17)18-13-6-5-12-8-9-16(3)14(12)10-13/h10-12,14H,4-9H2,1-3H3/t12?,14-/m0/s1. The van der Waals surface area contributed by atoms with Crippen molar-refractivity contribution in [3.05, 3.63) is 11.8 Å². The van der Waals surface area contributed by atoms with Crippen molar-refractivity contribution in [3.63, 3.8) is 0 Å². The van der Waals surface area contributed by atoms with Crippen LogP contribution in [-0.2, 0) is 9.53 Å². The van der Waals surface area contributed by atoms with Gasteiger partial charge in [0.25, 0.3) is 0 Å². The average molecular weight is 251 g/mol. The van der Waals surface area contributed by atoms with Crippen LogP contribution in [0.1, 0.15) is 46.0 Å². The van der Waals surface area contributed by atoms with Gasteiger partial charge in [-0.1, -0.05) is 13.8 Å². The van der Waals surface area contributed by atoms with Gasteiger partial charge in [-0.25, -0.2) is 0 Å². The van der Waals surface area contributed by atoms with Crippen LogP contribution >= 0.6 is 0 Å². The Hall–Kier alpha value is -0.830. The highest BCUT2D eigenvalue weighted by Gasteiger charge is 2.33. The van der Waals surface area contributed by atoms with E-state index in [0.29, 0.717) is 18.4 Å². The molecule has 1 saturated heterocycles. The van der Waals surface area contributed by atoms with Gasteiger partial charge in [-0.3, -0.25) is 9.69 Å². The van der Waals surface area contributed by atoms with Gasteiger partial charge in [0.2, 0.25) is 0 Å². The Labute approximate surface area is 110 Å². The van der Waals surface area contributed by atoms with Crippen LogP contribution in [0.15, 0.2) is 11.8 Å². The van der Waals surface area contributed by atoms with Crippen LogP contribution in [0.2, 0.25) is 0 Å². The number of likely N-dealkylation sites (N-methyl/N-ethyl adjacent to an activating group) is 1. The van der Waals surface area contributed by atoms with Crippen LogP contribution in [0.4, 0.5) is 0 Å². The van der Waals surface area contributed by atoms with Crippen molar-refractivity contribution in [2.45, 2.75) is 52.0 Å². The molecule has 1 heterocycles. The maximum Gasteiger partial charge on any atom is 0.310 e. The molecule has 0 aromatic rings. The highest BCUT2D eigenvalue weighted by atomic mass is 16.5. The van der Waals surface area contributed by atoms with Gasteiger partial charge in [-0.05, 0) is 50.8 Å². The number of esters is 1. The van der Waals surface area contributed by atoms with Crippen LogP contribution in [0.5, 0.6) is 0 Å². The molecular formula is C15H25NO2. The Balaban J connectivity index is 1.86. The van der Waals surface area contributed by atoms with Gasteiger partial charge in [0.05, 0.1) is 0 Å². The molecule has 18 heavy (non-hydrogen) atoms. The van der Waals surface area contributed by atoms with Crippen LogP contribution in [0.25, 0.3) is 0 Å². The number of hydrogen-bond donors (Lipinski definition) is 0. The molecule has 0 aromatic carbocycles. The SMILES string of the molecule is CC(C)CCC(=O)OC1=C[C@H]2C(CC1)CCN2C. The average Bonchev–Trinajstić information content (AvgIpc) is 2.69. The first-order valence-electron chi connectivity index (χ1n) is 7.18. The van der Waals surface area contributed by atoms with Crippen molar-refractivity contribution >= 4 is 5.97 Å². The lowest BCUT2D eigenvalue weighted by Gasteiger charge is -2.27. The second kappa shape index (κ2) is 5.87. The number of hydrogen-bond acceptors (Lipinski definition) is 3. The van der Waals surface area contributed by atoms with E-state index in [9.17, 15) is 4.79 Å². The number of ether oxygens (including phenoxy) is 1. The lowest BCUT2D eigenvalue weighted by molar-refractivity contribution is -0.140. The summed E-state index contributed by atoms with van der Waals surface area (Å²) in [6.45, 7) is 5.43. The van der Waals surface area contributed by atoms with E-state index in [-0.39, 0.29) is 5.97 Å². The summed E-state index contributed by atoms with van der Waals surface area (Å²) in [5, 5.41) is 0. The summed E-state index contributed by atoms with van der Waals surface area (Å²) >= 11 is 0. The maximum absolute atomic E-state index is 11.7. The van der Waals surface area contributed by atoms with E-state index in [2.05, 4.69) is 31.9 Å². The molecule has 102 valence electrons. The zero-order chi connectivity index (χ0) is 13.1. The molecule has 0 bridgehead atoms. The largest absolute Gasteiger partial charge is 0.431 e. The Morgan fingerprint density at radius 2 is 2.28 bits per heavy atom. The molecule has 3 nitrogen and oxygen atoms in total. The lowest BCUT2D eigenvalue weighted by atomic mass is 9.89. The summed E-state index contributed by atoms with van der Waals surface area (Å²) in [6, 6.07) is 0.492. The van der Waals surface area contributed by atoms with Gasteiger partial charge < -0.3 is 4.74 Å². The van der Waals surface area contributed by atoms with Crippen LogP contribution in [-0.4, -0.2) is 30.5 Å². The summed E-state index contributed by atoms with van der Waals surface area (Å²) in [4.78, 5) is 14.1. The third-order valence-corrected chi connectivity index (χ3v) is 4.13. The third kappa shape index (κ3) is 3.35. The molecule has 1 unspecified atom stereocenters. The summed E-state index contributed by atoms with van der Waals surface area (Å²) in [5.41, 5.74) is 0. The van der Waals surface area contributed by atoms with E-state index in [1.54, 1.807) is 0 Å². The van der Waals surface area contributed by atoms with E-state index in [0.717, 1.165) is 30.9 Å². The normalized spacial score (nSPS) is 28.1. The minimum Gasteiger partial charge on any atom is -0.431 e. The predicted octanol–water partition coefficient (Wildman–Crippen LogP) is 2.96. The Kier molecular flexibility index (Phi) is 4.44. The number of nitrogens with zero attached hydrogens (tertiary/aromatic N) is 1. The van der Waals surface area contributed by atoms with E-state index in [4.69, 9.17) is 4.74 Å². The highest BCUT2D eigenvalue weighted by molar-refractivity contribution is 5.70. The summed E-state index contributed by atoms with van der Waals surface area (Å²) < 4.78 is 5.49. The molecule has 0 N–H and O–H groups in total. The molecule has 1 aliphatic heterocycles. The van der Waals surface area contributed by atoms with E-state index in [1.165, 1.54) is 13.0 Å². The predicted molar refractivity (Wildman–Crippen MR) is 72.0 cm³/mol. The Morgan fingerprint density at radius 3 is 3.00 bits per heavy atom. The van der Waals surface area contributed by atoms with Gasteiger partial charge in [0.1, 0.15) is 5.76 Å². The zero-order valence-electron chi connectivity index (χ0n) is 11.8. The monoisotopic (exact) mass is 251 g/mol. The van der Waals surface area contributed by atoms with Gasteiger partial charge >= 0.3 is 5.97 Å². The molecule has 2 rings (SSSR count). The van der Waals surface area contributed by atoms with Crippen molar-refractivity contribution in [2.75, 3.05) is 13.6 Å². The van der Waals surface area contributed by atoms with Gasteiger partial charge in [0, 0.05) is 18.9 Å². The quantitative estimate of drug-likeness (QED) is 0.719. The zero-order valence-corrected chi connectivity index (χ0v) is 11.8. The first-order chi connectivity index (χ1) is 8.56. The molecule has 0 saturated carbocycles. The number of fused-ring (bicyclic) bond motifs is 1. The smallest absolute Gasteiger partial charge is 0.310 e. The van der Waals surface area contributed by atoms with E-state index >= 15 is 0 Å². The highest BCUT2D eigenvalue weighted by Crippen LogP contribution is 2.34. The van der Waals surface area contributed by atoms with Crippen molar-refractivity contribution in [1.82, 2.24) is 4.90 Å².